The fourth-order valence-corrected chi connectivity index (χ4v) is 3.85. The quantitative estimate of drug-likeness (QED) is 0.602. The van der Waals surface area contributed by atoms with Gasteiger partial charge in [-0.3, -0.25) is 4.79 Å². The normalized spacial score (nSPS) is 18.1. The van der Waals surface area contributed by atoms with Crippen molar-refractivity contribution in [1.29, 1.82) is 0 Å². The van der Waals surface area contributed by atoms with E-state index in [-0.39, 0.29) is 5.91 Å². The number of carbonyl (C=O) groups excluding carboxylic acids is 1. The molecule has 3 aromatic rings. The summed E-state index contributed by atoms with van der Waals surface area (Å²) in [4.78, 5) is 14.7. The fraction of sp³-hybridized carbons (Fsp3) is 0.240. The van der Waals surface area contributed by atoms with Crippen molar-refractivity contribution in [3.63, 3.8) is 0 Å². The zero-order valence-corrected chi connectivity index (χ0v) is 16.9. The van der Waals surface area contributed by atoms with Crippen molar-refractivity contribution in [2.24, 2.45) is 0 Å². The van der Waals surface area contributed by atoms with Crippen molar-refractivity contribution in [3.05, 3.63) is 95.6 Å². The summed E-state index contributed by atoms with van der Waals surface area (Å²) in [7, 11) is 1.83. The van der Waals surface area contributed by atoms with Gasteiger partial charge in [0.05, 0.1) is 12.2 Å². The van der Waals surface area contributed by atoms with Crippen molar-refractivity contribution in [1.82, 2.24) is 4.90 Å². The molecule has 4 rings (SSSR count). The molecule has 1 aliphatic rings. The topological polar surface area (TPSA) is 41.6 Å². The number of nitrogens with zero attached hydrogens (tertiary/aromatic N) is 1. The molecule has 0 spiro atoms. The molecule has 1 N–H and O–H groups in total. The highest BCUT2D eigenvalue weighted by atomic mass is 16.5. The van der Waals surface area contributed by atoms with Crippen LogP contribution in [0.5, 0.6) is 5.75 Å². The molecule has 0 aromatic heterocycles. The lowest BCUT2D eigenvalue weighted by molar-refractivity contribution is 0.0610. The standard InChI is InChI=1S/C25H26N2O2/c1-25(26-22-16-8-6-14-20(22)24(28)27(25)2)21-15-7-9-17-23(21)29-18-10-13-19-11-4-3-5-12-19/h3-9,11-12,14-17,26H,10,13,18H2,1-2H3. The maximum absolute atomic E-state index is 13.0. The van der Waals surface area contributed by atoms with Gasteiger partial charge in [0.25, 0.3) is 5.91 Å². The summed E-state index contributed by atoms with van der Waals surface area (Å²) in [6.07, 6.45) is 1.91. The lowest BCUT2D eigenvalue weighted by atomic mass is 9.93. The summed E-state index contributed by atoms with van der Waals surface area (Å²) in [5.74, 6) is 0.801. The van der Waals surface area contributed by atoms with Crippen LogP contribution in [-0.4, -0.2) is 24.5 Å². The number of amides is 1. The Morgan fingerprint density at radius 2 is 1.62 bits per heavy atom. The van der Waals surface area contributed by atoms with Gasteiger partial charge in [0.2, 0.25) is 0 Å². The molecule has 1 aliphatic heterocycles. The summed E-state index contributed by atoms with van der Waals surface area (Å²) in [6, 6.07) is 26.0. The number of benzene rings is 3. The van der Waals surface area contributed by atoms with Gasteiger partial charge in [-0.25, -0.2) is 0 Å². The molecular weight excluding hydrogens is 360 g/mol. The molecule has 0 saturated heterocycles. The molecule has 148 valence electrons. The third-order valence-electron chi connectivity index (χ3n) is 5.63. The molecular formula is C25H26N2O2. The van der Waals surface area contributed by atoms with Crippen molar-refractivity contribution in [2.45, 2.75) is 25.4 Å². The highest BCUT2D eigenvalue weighted by Crippen LogP contribution is 2.40. The zero-order chi connectivity index (χ0) is 20.3. The Morgan fingerprint density at radius 1 is 0.931 bits per heavy atom. The minimum atomic E-state index is -0.693. The number of rotatable bonds is 6. The summed E-state index contributed by atoms with van der Waals surface area (Å²) >= 11 is 0. The van der Waals surface area contributed by atoms with Crippen LogP contribution in [0.15, 0.2) is 78.9 Å². The number of hydrogen-bond acceptors (Lipinski definition) is 3. The Balaban J connectivity index is 1.54. The largest absolute Gasteiger partial charge is 0.493 e. The predicted octanol–water partition coefficient (Wildman–Crippen LogP) is 5.07. The Labute approximate surface area is 172 Å². The van der Waals surface area contributed by atoms with Gasteiger partial charge in [-0.1, -0.05) is 60.7 Å². The Kier molecular flexibility index (Phi) is 5.26. The van der Waals surface area contributed by atoms with Gasteiger partial charge in [0.15, 0.2) is 0 Å². The summed E-state index contributed by atoms with van der Waals surface area (Å²) in [5.41, 5.74) is 3.10. The minimum Gasteiger partial charge on any atom is -0.493 e. The average molecular weight is 386 g/mol. The van der Waals surface area contributed by atoms with Gasteiger partial charge < -0.3 is 15.0 Å². The second kappa shape index (κ2) is 8.00. The molecule has 0 radical (unpaired) electrons. The van der Waals surface area contributed by atoms with E-state index in [1.54, 1.807) is 4.90 Å². The van der Waals surface area contributed by atoms with Gasteiger partial charge in [0, 0.05) is 18.3 Å². The van der Waals surface area contributed by atoms with Crippen LogP contribution in [0, 0.1) is 0 Å². The third-order valence-corrected chi connectivity index (χ3v) is 5.63. The SMILES string of the molecule is CN1C(=O)c2ccccc2NC1(C)c1ccccc1OCCCc1ccccc1. The van der Waals surface area contributed by atoms with Crippen molar-refractivity contribution in [2.75, 3.05) is 19.0 Å². The first-order valence-corrected chi connectivity index (χ1v) is 10.0. The lowest BCUT2D eigenvalue weighted by Gasteiger charge is -2.45. The molecule has 0 fully saturated rings. The third kappa shape index (κ3) is 3.70. The van der Waals surface area contributed by atoms with E-state index in [4.69, 9.17) is 4.74 Å². The van der Waals surface area contributed by atoms with E-state index < -0.39 is 5.66 Å². The number of anilines is 1. The summed E-state index contributed by atoms with van der Waals surface area (Å²) in [6.45, 7) is 2.64. The summed E-state index contributed by atoms with van der Waals surface area (Å²) in [5, 5.41) is 3.55. The Morgan fingerprint density at radius 3 is 2.45 bits per heavy atom. The molecule has 0 bridgehead atoms. The van der Waals surface area contributed by atoms with Gasteiger partial charge in [0.1, 0.15) is 11.4 Å². The number of para-hydroxylation sites is 2. The minimum absolute atomic E-state index is 0.000677. The molecule has 4 heteroatoms. The van der Waals surface area contributed by atoms with E-state index in [2.05, 4.69) is 29.6 Å². The first kappa shape index (κ1) is 19.1. The molecule has 3 aromatic carbocycles. The van der Waals surface area contributed by atoms with Crippen LogP contribution in [0.25, 0.3) is 0 Å². The number of nitrogens with one attached hydrogen (secondary N) is 1. The molecule has 1 atom stereocenters. The first-order chi connectivity index (χ1) is 14.1. The van der Waals surface area contributed by atoms with E-state index in [1.165, 1.54) is 5.56 Å². The molecule has 0 saturated carbocycles. The average Bonchev–Trinajstić information content (AvgIpc) is 2.76. The van der Waals surface area contributed by atoms with E-state index >= 15 is 0 Å². The number of hydrogen-bond donors (Lipinski definition) is 1. The Hall–Kier alpha value is -3.27. The van der Waals surface area contributed by atoms with Gasteiger partial charge in [-0.2, -0.15) is 0 Å². The van der Waals surface area contributed by atoms with Gasteiger partial charge >= 0.3 is 0 Å². The fourth-order valence-electron chi connectivity index (χ4n) is 3.85. The number of fused-ring (bicyclic) bond motifs is 1. The van der Waals surface area contributed by atoms with Crippen LogP contribution < -0.4 is 10.1 Å². The van der Waals surface area contributed by atoms with Gasteiger partial charge in [-0.05, 0) is 43.5 Å². The highest BCUT2D eigenvalue weighted by Gasteiger charge is 2.41. The Bertz CT molecular complexity index is 1000. The molecule has 29 heavy (non-hydrogen) atoms. The smallest absolute Gasteiger partial charge is 0.257 e. The molecule has 4 nitrogen and oxygen atoms in total. The maximum atomic E-state index is 13.0. The molecule has 1 unspecified atom stereocenters. The molecule has 0 aliphatic carbocycles. The van der Waals surface area contributed by atoms with Crippen LogP contribution in [0.1, 0.15) is 34.8 Å². The van der Waals surface area contributed by atoms with Crippen LogP contribution in [-0.2, 0) is 12.1 Å². The lowest BCUT2D eigenvalue weighted by Crippen LogP contribution is -2.53. The monoisotopic (exact) mass is 386 g/mol. The molecule has 1 heterocycles. The second-order valence-corrected chi connectivity index (χ2v) is 7.54. The maximum Gasteiger partial charge on any atom is 0.257 e. The van der Waals surface area contributed by atoms with Crippen LogP contribution >= 0.6 is 0 Å². The van der Waals surface area contributed by atoms with Crippen molar-refractivity contribution < 1.29 is 9.53 Å². The second-order valence-electron chi connectivity index (χ2n) is 7.54. The van der Waals surface area contributed by atoms with Crippen LogP contribution in [0.2, 0.25) is 0 Å². The van der Waals surface area contributed by atoms with E-state index in [9.17, 15) is 4.79 Å². The van der Waals surface area contributed by atoms with Crippen LogP contribution in [0.4, 0.5) is 5.69 Å². The number of ether oxygens (including phenoxy) is 1. The van der Waals surface area contributed by atoms with Crippen molar-refractivity contribution in [3.8, 4) is 5.75 Å². The first-order valence-electron chi connectivity index (χ1n) is 10.0. The number of carbonyl (C=O) groups is 1. The summed E-state index contributed by atoms with van der Waals surface area (Å²) < 4.78 is 6.17. The van der Waals surface area contributed by atoms with Gasteiger partial charge in [-0.15, -0.1) is 0 Å². The van der Waals surface area contributed by atoms with Crippen molar-refractivity contribution >= 4 is 11.6 Å². The number of aryl methyl sites for hydroxylation is 1. The molecule has 1 amide bonds. The highest BCUT2D eigenvalue weighted by molar-refractivity contribution is 6.02. The predicted molar refractivity (Wildman–Crippen MR) is 116 cm³/mol. The zero-order valence-electron chi connectivity index (χ0n) is 16.9. The van der Waals surface area contributed by atoms with Crippen LogP contribution in [0.3, 0.4) is 0 Å². The van der Waals surface area contributed by atoms with E-state index in [1.807, 2.05) is 68.6 Å². The van der Waals surface area contributed by atoms with E-state index in [0.29, 0.717) is 12.2 Å². The van der Waals surface area contributed by atoms with E-state index in [0.717, 1.165) is 29.8 Å².